The van der Waals surface area contributed by atoms with Crippen LogP contribution in [0.5, 0.6) is 0 Å². The second-order valence-electron chi connectivity index (χ2n) is 4.52. The molecule has 3 N–H and O–H groups in total. The Balaban J connectivity index is 0.000000370. The van der Waals surface area contributed by atoms with Gasteiger partial charge in [-0.1, -0.05) is 50.6 Å². The van der Waals surface area contributed by atoms with E-state index >= 15 is 0 Å². The largest absolute Gasteiger partial charge is 0.480 e. The number of benzene rings is 1. The molecule has 1 rings (SSSR count). The van der Waals surface area contributed by atoms with Crippen molar-refractivity contribution in [3.05, 3.63) is 35.9 Å². The van der Waals surface area contributed by atoms with E-state index in [1.807, 2.05) is 44.2 Å². The van der Waals surface area contributed by atoms with Gasteiger partial charge in [0.2, 0.25) is 0 Å². The number of carbonyl (C=O) groups is 2. The van der Waals surface area contributed by atoms with E-state index in [1.165, 1.54) is 6.92 Å². The Labute approximate surface area is 119 Å². The van der Waals surface area contributed by atoms with Gasteiger partial charge < -0.3 is 15.6 Å². The predicted molar refractivity (Wildman–Crippen MR) is 77.0 cm³/mol. The molecule has 0 aromatic heterocycles. The number of hydrogen-bond acceptors (Lipinski definition) is 4. The maximum absolute atomic E-state index is 10.4. The van der Waals surface area contributed by atoms with Gasteiger partial charge in [-0.05, 0) is 11.5 Å². The van der Waals surface area contributed by atoms with Gasteiger partial charge in [0.1, 0.15) is 12.6 Å². The summed E-state index contributed by atoms with van der Waals surface area (Å²) in [6, 6.07) is 8.90. The van der Waals surface area contributed by atoms with Crippen LogP contribution in [-0.4, -0.2) is 23.1 Å². The molecule has 0 aliphatic heterocycles. The Hall–Kier alpha value is -1.88. The number of rotatable bonds is 5. The van der Waals surface area contributed by atoms with Crippen LogP contribution in [0.15, 0.2) is 30.3 Å². The summed E-state index contributed by atoms with van der Waals surface area (Å²) in [6.07, 6.45) is 0.813. The van der Waals surface area contributed by atoms with E-state index in [1.54, 1.807) is 0 Å². The van der Waals surface area contributed by atoms with Gasteiger partial charge in [-0.2, -0.15) is 0 Å². The highest BCUT2D eigenvalue weighted by Gasteiger charge is 2.17. The minimum absolute atomic E-state index is 0.0718. The molecule has 0 saturated carbocycles. The van der Waals surface area contributed by atoms with Crippen LogP contribution in [0.3, 0.4) is 0 Å². The number of hydrogen-bond donors (Lipinski definition) is 2. The zero-order valence-corrected chi connectivity index (χ0v) is 12.2. The molecule has 20 heavy (non-hydrogen) atoms. The van der Waals surface area contributed by atoms with Crippen LogP contribution in [0.4, 0.5) is 0 Å². The highest BCUT2D eigenvalue weighted by Crippen LogP contribution is 2.04. The SMILES string of the molecule is CC(=O)OCc1ccccc1.CC[C@H](C)[C@H](N)C(=O)O. The molecule has 0 bridgehead atoms. The van der Waals surface area contributed by atoms with E-state index in [9.17, 15) is 9.59 Å². The molecule has 5 heteroatoms. The van der Waals surface area contributed by atoms with Crippen molar-refractivity contribution < 1.29 is 19.4 Å². The average molecular weight is 281 g/mol. The third kappa shape index (κ3) is 8.26. The molecular weight excluding hydrogens is 258 g/mol. The number of carbonyl (C=O) groups excluding carboxylic acids is 1. The second kappa shape index (κ2) is 9.97. The molecule has 2 atom stereocenters. The minimum atomic E-state index is -0.913. The molecular formula is C15H23NO4. The van der Waals surface area contributed by atoms with Crippen LogP contribution >= 0.6 is 0 Å². The fourth-order valence-electron chi connectivity index (χ4n) is 1.26. The monoisotopic (exact) mass is 281 g/mol. The first-order chi connectivity index (χ1) is 9.38. The third-order valence-electron chi connectivity index (χ3n) is 2.83. The number of aliphatic carboxylic acids is 1. The first-order valence-electron chi connectivity index (χ1n) is 6.54. The number of nitrogens with two attached hydrogens (primary N) is 1. The summed E-state index contributed by atoms with van der Waals surface area (Å²) in [5.41, 5.74) is 6.29. The summed E-state index contributed by atoms with van der Waals surface area (Å²) < 4.78 is 4.79. The lowest BCUT2D eigenvalue weighted by Crippen LogP contribution is -2.36. The van der Waals surface area contributed by atoms with Crippen LogP contribution in [-0.2, 0) is 20.9 Å². The van der Waals surface area contributed by atoms with E-state index in [0.29, 0.717) is 6.61 Å². The van der Waals surface area contributed by atoms with Crippen molar-refractivity contribution in [2.75, 3.05) is 0 Å². The van der Waals surface area contributed by atoms with Crippen molar-refractivity contribution in [2.24, 2.45) is 11.7 Å². The zero-order chi connectivity index (χ0) is 15.5. The van der Waals surface area contributed by atoms with Crippen LogP contribution in [0.1, 0.15) is 32.8 Å². The number of carboxylic acids is 1. The van der Waals surface area contributed by atoms with Gasteiger partial charge in [0.25, 0.3) is 0 Å². The highest BCUT2D eigenvalue weighted by molar-refractivity contribution is 5.73. The maximum Gasteiger partial charge on any atom is 0.320 e. The predicted octanol–water partition coefficient (Wildman–Crippen LogP) is 2.19. The van der Waals surface area contributed by atoms with E-state index in [-0.39, 0.29) is 11.9 Å². The average Bonchev–Trinajstić information content (AvgIpc) is 2.45. The highest BCUT2D eigenvalue weighted by atomic mass is 16.5. The summed E-state index contributed by atoms with van der Waals surface area (Å²) in [5, 5.41) is 8.36. The van der Waals surface area contributed by atoms with E-state index < -0.39 is 12.0 Å². The molecule has 0 amide bonds. The summed E-state index contributed by atoms with van der Waals surface area (Å²) in [4.78, 5) is 20.6. The van der Waals surface area contributed by atoms with Crippen LogP contribution in [0, 0.1) is 5.92 Å². The van der Waals surface area contributed by atoms with E-state index in [0.717, 1.165) is 12.0 Å². The molecule has 1 aromatic carbocycles. The Morgan fingerprint density at radius 3 is 2.20 bits per heavy atom. The fraction of sp³-hybridized carbons (Fsp3) is 0.467. The molecule has 112 valence electrons. The molecule has 0 fully saturated rings. The van der Waals surface area contributed by atoms with Gasteiger partial charge in [0, 0.05) is 6.92 Å². The molecule has 0 aliphatic rings. The van der Waals surface area contributed by atoms with Crippen LogP contribution < -0.4 is 5.73 Å². The third-order valence-corrected chi connectivity index (χ3v) is 2.83. The van der Waals surface area contributed by atoms with Gasteiger partial charge >= 0.3 is 11.9 Å². The molecule has 0 unspecified atom stereocenters. The van der Waals surface area contributed by atoms with Crippen LogP contribution in [0.2, 0.25) is 0 Å². The quantitative estimate of drug-likeness (QED) is 0.807. The zero-order valence-electron chi connectivity index (χ0n) is 12.2. The second-order valence-corrected chi connectivity index (χ2v) is 4.52. The molecule has 0 saturated heterocycles. The first kappa shape index (κ1) is 18.1. The summed E-state index contributed by atoms with van der Waals surface area (Å²) >= 11 is 0. The molecule has 0 radical (unpaired) electrons. The number of ether oxygens (including phenoxy) is 1. The van der Waals surface area contributed by atoms with E-state index in [2.05, 4.69) is 0 Å². The van der Waals surface area contributed by atoms with Gasteiger partial charge in [-0.3, -0.25) is 9.59 Å². The number of carboxylic acid groups (broad SMARTS) is 1. The van der Waals surface area contributed by atoms with Crippen molar-refractivity contribution in [1.29, 1.82) is 0 Å². The van der Waals surface area contributed by atoms with Gasteiger partial charge in [0.15, 0.2) is 0 Å². The Morgan fingerprint density at radius 2 is 1.85 bits per heavy atom. The molecule has 0 spiro atoms. The van der Waals surface area contributed by atoms with Crippen molar-refractivity contribution >= 4 is 11.9 Å². The van der Waals surface area contributed by atoms with Crippen molar-refractivity contribution in [2.45, 2.75) is 39.8 Å². The first-order valence-corrected chi connectivity index (χ1v) is 6.54. The van der Waals surface area contributed by atoms with Crippen molar-refractivity contribution in [3.8, 4) is 0 Å². The molecule has 0 heterocycles. The molecule has 1 aromatic rings. The maximum atomic E-state index is 10.4. The van der Waals surface area contributed by atoms with E-state index in [4.69, 9.17) is 15.6 Å². The van der Waals surface area contributed by atoms with Crippen molar-refractivity contribution in [1.82, 2.24) is 0 Å². The lowest BCUT2D eigenvalue weighted by Gasteiger charge is -2.11. The topological polar surface area (TPSA) is 89.6 Å². The normalized spacial score (nSPS) is 12.6. The Bertz CT molecular complexity index is 406. The van der Waals surface area contributed by atoms with Gasteiger partial charge in [0.05, 0.1) is 0 Å². The summed E-state index contributed by atoms with van der Waals surface area (Å²) in [6.45, 7) is 5.53. The Kier molecular flexibility index (Phi) is 9.04. The van der Waals surface area contributed by atoms with Crippen molar-refractivity contribution in [3.63, 3.8) is 0 Å². The lowest BCUT2D eigenvalue weighted by atomic mass is 10.0. The fourth-order valence-corrected chi connectivity index (χ4v) is 1.26. The van der Waals surface area contributed by atoms with Crippen LogP contribution in [0.25, 0.3) is 0 Å². The Morgan fingerprint density at radius 1 is 1.30 bits per heavy atom. The standard InChI is InChI=1S/C9H10O2.C6H13NO2/c1-8(10)11-7-9-5-3-2-4-6-9;1-3-4(2)5(7)6(8)9/h2-6H,7H2,1H3;4-5H,3,7H2,1-2H3,(H,8,9)/t;4-,5-/m.0/s1. The summed E-state index contributed by atoms with van der Waals surface area (Å²) in [7, 11) is 0. The smallest absolute Gasteiger partial charge is 0.320 e. The molecule has 5 nitrogen and oxygen atoms in total. The molecule has 0 aliphatic carbocycles. The number of esters is 1. The lowest BCUT2D eigenvalue weighted by molar-refractivity contribution is -0.142. The summed E-state index contributed by atoms with van der Waals surface area (Å²) in [5.74, 6) is -1.08. The van der Waals surface area contributed by atoms with Gasteiger partial charge in [-0.15, -0.1) is 0 Å². The minimum Gasteiger partial charge on any atom is -0.480 e. The van der Waals surface area contributed by atoms with Gasteiger partial charge in [-0.25, -0.2) is 0 Å².